The van der Waals surface area contributed by atoms with E-state index in [1.54, 1.807) is 11.1 Å². The van der Waals surface area contributed by atoms with E-state index in [1.165, 1.54) is 50.9 Å². The predicted molar refractivity (Wildman–Crippen MR) is 67.5 cm³/mol. The summed E-state index contributed by atoms with van der Waals surface area (Å²) >= 11 is 0. The molecular weight excluding hydrogens is 194 g/mol. The summed E-state index contributed by atoms with van der Waals surface area (Å²) in [5.74, 6) is 1.02. The molecule has 0 spiro atoms. The molecule has 0 aromatic heterocycles. The average Bonchev–Trinajstić information content (AvgIpc) is 3.12. The standard InChI is InChI=1S/C15H21N/c1-2-12-5-6-15-11-16(10-13-3-4-13)8-7-14(15)9-12/h5-6,9,13H,2-4,7-8,10-11H2,1H3. The topological polar surface area (TPSA) is 3.24 Å². The zero-order valence-electron chi connectivity index (χ0n) is 10.2. The Balaban J connectivity index is 1.73. The SMILES string of the molecule is CCc1ccc2c(c1)CCN(CC1CC1)C2. The molecule has 1 heteroatoms. The second-order valence-corrected chi connectivity index (χ2v) is 5.39. The third kappa shape index (κ3) is 2.15. The van der Waals surface area contributed by atoms with Crippen molar-refractivity contribution in [3.05, 3.63) is 34.9 Å². The Labute approximate surface area is 98.5 Å². The highest BCUT2D eigenvalue weighted by Gasteiger charge is 2.26. The molecule has 0 radical (unpaired) electrons. The Hall–Kier alpha value is -0.820. The number of rotatable bonds is 3. The number of aryl methyl sites for hydroxylation is 1. The van der Waals surface area contributed by atoms with E-state index in [0.29, 0.717) is 0 Å². The summed E-state index contributed by atoms with van der Waals surface area (Å²) in [6, 6.07) is 7.08. The van der Waals surface area contributed by atoms with Gasteiger partial charge in [-0.1, -0.05) is 25.1 Å². The van der Waals surface area contributed by atoms with E-state index >= 15 is 0 Å². The van der Waals surface area contributed by atoms with Crippen LogP contribution < -0.4 is 0 Å². The molecule has 3 rings (SSSR count). The minimum absolute atomic E-state index is 1.02. The molecule has 1 fully saturated rings. The average molecular weight is 215 g/mol. The van der Waals surface area contributed by atoms with Gasteiger partial charge in [-0.3, -0.25) is 4.90 Å². The maximum absolute atomic E-state index is 2.64. The molecular formula is C15H21N. The highest BCUT2D eigenvalue weighted by Crippen LogP contribution is 2.31. The second-order valence-electron chi connectivity index (χ2n) is 5.39. The van der Waals surface area contributed by atoms with Gasteiger partial charge < -0.3 is 0 Å². The van der Waals surface area contributed by atoms with E-state index in [2.05, 4.69) is 30.0 Å². The van der Waals surface area contributed by atoms with E-state index in [-0.39, 0.29) is 0 Å². The van der Waals surface area contributed by atoms with Crippen LogP contribution in [-0.2, 0) is 19.4 Å². The van der Waals surface area contributed by atoms with E-state index in [4.69, 9.17) is 0 Å². The lowest BCUT2D eigenvalue weighted by Gasteiger charge is -2.29. The maximum Gasteiger partial charge on any atom is 0.0236 e. The molecule has 0 unspecified atom stereocenters. The molecule has 0 amide bonds. The first-order valence-corrected chi connectivity index (χ1v) is 6.68. The van der Waals surface area contributed by atoms with Crippen LogP contribution in [0, 0.1) is 5.92 Å². The monoisotopic (exact) mass is 215 g/mol. The molecule has 0 saturated heterocycles. The van der Waals surface area contributed by atoms with Crippen molar-refractivity contribution in [1.29, 1.82) is 0 Å². The highest BCUT2D eigenvalue weighted by atomic mass is 15.1. The molecule has 1 aromatic rings. The summed E-state index contributed by atoms with van der Waals surface area (Å²) in [5.41, 5.74) is 4.67. The molecule has 1 aliphatic heterocycles. The minimum Gasteiger partial charge on any atom is -0.298 e. The summed E-state index contributed by atoms with van der Waals surface area (Å²) in [6.45, 7) is 6.05. The molecule has 1 aliphatic carbocycles. The van der Waals surface area contributed by atoms with Gasteiger partial charge in [0, 0.05) is 19.6 Å². The Morgan fingerprint density at radius 2 is 2.12 bits per heavy atom. The lowest BCUT2D eigenvalue weighted by atomic mass is 9.96. The number of hydrogen-bond acceptors (Lipinski definition) is 1. The van der Waals surface area contributed by atoms with Crippen molar-refractivity contribution in [3.63, 3.8) is 0 Å². The number of fused-ring (bicyclic) bond motifs is 1. The molecule has 0 atom stereocenters. The van der Waals surface area contributed by atoms with Gasteiger partial charge in [0.15, 0.2) is 0 Å². The first-order valence-electron chi connectivity index (χ1n) is 6.68. The van der Waals surface area contributed by atoms with Gasteiger partial charge >= 0.3 is 0 Å². The molecule has 86 valence electrons. The Bertz CT molecular complexity index is 379. The van der Waals surface area contributed by atoms with E-state index < -0.39 is 0 Å². The van der Waals surface area contributed by atoms with Crippen molar-refractivity contribution < 1.29 is 0 Å². The first kappa shape index (κ1) is 10.3. The lowest BCUT2D eigenvalue weighted by molar-refractivity contribution is 0.244. The molecule has 0 N–H and O–H groups in total. The Kier molecular flexibility index (Phi) is 2.72. The molecule has 1 nitrogen and oxygen atoms in total. The highest BCUT2D eigenvalue weighted by molar-refractivity contribution is 5.33. The Morgan fingerprint density at radius 3 is 2.88 bits per heavy atom. The molecule has 1 aromatic carbocycles. The minimum atomic E-state index is 1.02. The van der Waals surface area contributed by atoms with Gasteiger partial charge in [-0.25, -0.2) is 0 Å². The van der Waals surface area contributed by atoms with E-state index in [1.807, 2.05) is 0 Å². The van der Waals surface area contributed by atoms with Crippen molar-refractivity contribution in [2.45, 2.75) is 39.2 Å². The van der Waals surface area contributed by atoms with Crippen molar-refractivity contribution in [2.24, 2.45) is 5.92 Å². The fourth-order valence-corrected chi connectivity index (χ4v) is 2.71. The zero-order valence-corrected chi connectivity index (χ0v) is 10.2. The lowest BCUT2D eigenvalue weighted by Crippen LogP contribution is -2.32. The normalized spacial score (nSPS) is 20.8. The Morgan fingerprint density at radius 1 is 1.25 bits per heavy atom. The van der Waals surface area contributed by atoms with Crippen LogP contribution >= 0.6 is 0 Å². The van der Waals surface area contributed by atoms with E-state index in [0.717, 1.165) is 5.92 Å². The van der Waals surface area contributed by atoms with Crippen LogP contribution in [0.25, 0.3) is 0 Å². The third-order valence-corrected chi connectivity index (χ3v) is 3.98. The second kappa shape index (κ2) is 4.21. The van der Waals surface area contributed by atoms with Gasteiger partial charge in [-0.2, -0.15) is 0 Å². The van der Waals surface area contributed by atoms with Gasteiger partial charge in [0.2, 0.25) is 0 Å². The van der Waals surface area contributed by atoms with Crippen LogP contribution in [0.5, 0.6) is 0 Å². The molecule has 1 saturated carbocycles. The quantitative estimate of drug-likeness (QED) is 0.749. The van der Waals surface area contributed by atoms with Crippen molar-refractivity contribution >= 4 is 0 Å². The van der Waals surface area contributed by atoms with Gasteiger partial charge in [-0.15, -0.1) is 0 Å². The smallest absolute Gasteiger partial charge is 0.0236 e. The van der Waals surface area contributed by atoms with Gasteiger partial charge in [0.25, 0.3) is 0 Å². The summed E-state index contributed by atoms with van der Waals surface area (Å²) in [4.78, 5) is 2.64. The summed E-state index contributed by atoms with van der Waals surface area (Å²) in [5, 5.41) is 0. The number of benzene rings is 1. The molecule has 1 heterocycles. The number of nitrogens with zero attached hydrogens (tertiary/aromatic N) is 1. The fraction of sp³-hybridized carbons (Fsp3) is 0.600. The fourth-order valence-electron chi connectivity index (χ4n) is 2.71. The first-order chi connectivity index (χ1) is 7.85. The molecule has 16 heavy (non-hydrogen) atoms. The van der Waals surface area contributed by atoms with Crippen LogP contribution in [0.1, 0.15) is 36.5 Å². The summed E-state index contributed by atoms with van der Waals surface area (Å²) < 4.78 is 0. The van der Waals surface area contributed by atoms with Crippen molar-refractivity contribution in [3.8, 4) is 0 Å². The van der Waals surface area contributed by atoms with Crippen LogP contribution in [0.15, 0.2) is 18.2 Å². The van der Waals surface area contributed by atoms with Gasteiger partial charge in [0.1, 0.15) is 0 Å². The van der Waals surface area contributed by atoms with Crippen LogP contribution in [0.3, 0.4) is 0 Å². The van der Waals surface area contributed by atoms with Gasteiger partial charge in [-0.05, 0) is 48.3 Å². The van der Waals surface area contributed by atoms with Gasteiger partial charge in [0.05, 0.1) is 0 Å². The van der Waals surface area contributed by atoms with Crippen LogP contribution in [0.2, 0.25) is 0 Å². The molecule has 2 aliphatic rings. The molecule has 0 bridgehead atoms. The summed E-state index contributed by atoms with van der Waals surface area (Å²) in [7, 11) is 0. The van der Waals surface area contributed by atoms with Crippen LogP contribution in [0.4, 0.5) is 0 Å². The third-order valence-electron chi connectivity index (χ3n) is 3.98. The number of hydrogen-bond donors (Lipinski definition) is 0. The summed E-state index contributed by atoms with van der Waals surface area (Å²) in [6.07, 6.45) is 5.37. The van der Waals surface area contributed by atoms with Crippen LogP contribution in [-0.4, -0.2) is 18.0 Å². The van der Waals surface area contributed by atoms with Crippen molar-refractivity contribution in [1.82, 2.24) is 4.90 Å². The van der Waals surface area contributed by atoms with Crippen molar-refractivity contribution in [2.75, 3.05) is 13.1 Å². The zero-order chi connectivity index (χ0) is 11.0. The van der Waals surface area contributed by atoms with E-state index in [9.17, 15) is 0 Å². The predicted octanol–water partition coefficient (Wildman–Crippen LogP) is 3.02. The largest absolute Gasteiger partial charge is 0.298 e. The maximum atomic E-state index is 2.64.